The van der Waals surface area contributed by atoms with Crippen molar-refractivity contribution in [1.29, 1.82) is 0 Å². The third kappa shape index (κ3) is 3.53. The van der Waals surface area contributed by atoms with Crippen LogP contribution in [0.5, 0.6) is 0 Å². The van der Waals surface area contributed by atoms with Crippen LogP contribution in [0.3, 0.4) is 0 Å². The smallest absolute Gasteiger partial charge is 0.0728 e. The molecule has 2 heteroatoms. The van der Waals surface area contributed by atoms with Crippen molar-refractivity contribution in [3.05, 3.63) is 0 Å². The van der Waals surface area contributed by atoms with Gasteiger partial charge in [0.25, 0.3) is 0 Å². The lowest BCUT2D eigenvalue weighted by Gasteiger charge is -2.64. The van der Waals surface area contributed by atoms with Gasteiger partial charge in [0.05, 0.1) is 11.7 Å². The molecule has 0 aliphatic heterocycles. The average molecular weight is 405 g/mol. The Morgan fingerprint density at radius 1 is 0.862 bits per heavy atom. The first-order valence-corrected chi connectivity index (χ1v) is 13.0. The summed E-state index contributed by atoms with van der Waals surface area (Å²) < 4.78 is 0. The van der Waals surface area contributed by atoms with Gasteiger partial charge in [0.2, 0.25) is 0 Å². The second-order valence-corrected chi connectivity index (χ2v) is 12.8. The quantitative estimate of drug-likeness (QED) is 0.543. The molecule has 0 amide bonds. The normalized spacial score (nSPS) is 50.7. The number of aliphatic hydroxyl groups is 2. The van der Waals surface area contributed by atoms with Gasteiger partial charge in [-0.1, -0.05) is 53.9 Å². The van der Waals surface area contributed by atoms with Gasteiger partial charge in [0.15, 0.2) is 0 Å². The second-order valence-electron chi connectivity index (χ2n) is 12.8. The molecule has 0 aromatic carbocycles. The molecule has 168 valence electrons. The number of hydrogen-bond acceptors (Lipinski definition) is 2. The molecule has 0 aromatic heterocycles. The van der Waals surface area contributed by atoms with Crippen LogP contribution in [-0.2, 0) is 0 Å². The van der Waals surface area contributed by atoms with Crippen LogP contribution in [0.2, 0.25) is 0 Å². The zero-order valence-corrected chi connectivity index (χ0v) is 19.9. The van der Waals surface area contributed by atoms with Gasteiger partial charge in [0, 0.05) is 6.42 Å². The first-order valence-electron chi connectivity index (χ1n) is 13.0. The molecule has 0 heterocycles. The number of fused-ring (bicyclic) bond motifs is 5. The summed E-state index contributed by atoms with van der Waals surface area (Å²) in [5.41, 5.74) is -0.0719. The summed E-state index contributed by atoms with van der Waals surface area (Å²) in [7, 11) is 0. The minimum Gasteiger partial charge on any atom is -0.393 e. The second kappa shape index (κ2) is 7.80. The molecule has 0 bridgehead atoms. The monoisotopic (exact) mass is 404 g/mol. The molecule has 2 nitrogen and oxygen atoms in total. The van der Waals surface area contributed by atoms with E-state index < -0.39 is 5.60 Å². The summed E-state index contributed by atoms with van der Waals surface area (Å²) >= 11 is 0. The molecule has 9 atom stereocenters. The van der Waals surface area contributed by atoms with E-state index in [0.717, 1.165) is 48.9 Å². The van der Waals surface area contributed by atoms with E-state index in [1.165, 1.54) is 51.4 Å². The minimum absolute atomic E-state index is 0.0252. The highest BCUT2D eigenvalue weighted by Crippen LogP contribution is 2.69. The predicted octanol–water partition coefficient (Wildman–Crippen LogP) is 6.58. The van der Waals surface area contributed by atoms with Gasteiger partial charge >= 0.3 is 0 Å². The lowest BCUT2D eigenvalue weighted by molar-refractivity contribution is -0.220. The van der Waals surface area contributed by atoms with Crippen LogP contribution in [0.15, 0.2) is 0 Å². The largest absolute Gasteiger partial charge is 0.393 e. The molecule has 0 aromatic rings. The lowest BCUT2D eigenvalue weighted by atomic mass is 9.43. The van der Waals surface area contributed by atoms with Crippen LogP contribution in [-0.4, -0.2) is 21.9 Å². The third-order valence-corrected chi connectivity index (χ3v) is 11.0. The molecule has 0 unspecified atom stereocenters. The Morgan fingerprint density at radius 2 is 1.62 bits per heavy atom. The zero-order valence-electron chi connectivity index (χ0n) is 19.9. The molecule has 4 rings (SSSR count). The van der Waals surface area contributed by atoms with E-state index in [1.807, 2.05) is 0 Å². The topological polar surface area (TPSA) is 40.5 Å². The van der Waals surface area contributed by atoms with Crippen molar-refractivity contribution in [1.82, 2.24) is 0 Å². The Balaban J connectivity index is 1.49. The summed E-state index contributed by atoms with van der Waals surface area (Å²) in [5, 5.41) is 21.8. The maximum Gasteiger partial charge on any atom is 0.0728 e. The Bertz CT molecular complexity index is 587. The van der Waals surface area contributed by atoms with Crippen molar-refractivity contribution < 1.29 is 10.2 Å². The van der Waals surface area contributed by atoms with E-state index in [-0.39, 0.29) is 11.5 Å². The Labute approximate surface area is 180 Å². The van der Waals surface area contributed by atoms with Crippen LogP contribution < -0.4 is 0 Å². The van der Waals surface area contributed by atoms with Crippen molar-refractivity contribution in [3.8, 4) is 0 Å². The van der Waals surface area contributed by atoms with E-state index in [9.17, 15) is 10.2 Å². The Morgan fingerprint density at radius 3 is 2.34 bits per heavy atom. The molecule has 4 saturated carbocycles. The van der Waals surface area contributed by atoms with Crippen molar-refractivity contribution in [2.24, 2.45) is 46.3 Å². The van der Waals surface area contributed by atoms with Crippen LogP contribution in [0, 0.1) is 46.3 Å². The van der Waals surface area contributed by atoms with Crippen molar-refractivity contribution >= 4 is 0 Å². The van der Waals surface area contributed by atoms with E-state index in [0.29, 0.717) is 17.8 Å². The van der Waals surface area contributed by atoms with Crippen LogP contribution >= 0.6 is 0 Å². The van der Waals surface area contributed by atoms with Crippen molar-refractivity contribution in [2.45, 2.75) is 123 Å². The summed E-state index contributed by atoms with van der Waals surface area (Å²) in [6, 6.07) is 0. The van der Waals surface area contributed by atoms with Gasteiger partial charge < -0.3 is 10.2 Å². The number of hydrogen-bond donors (Lipinski definition) is 2. The minimum atomic E-state index is -0.623. The summed E-state index contributed by atoms with van der Waals surface area (Å²) in [4.78, 5) is 0. The standard InChI is InChI=1S/C27H48O2/c1-18(2)7-6-8-19(3)22-9-10-23-21-12-16-27(29)17-20(28)11-15-26(27,5)24(21)13-14-25(22,23)4/h18-24,28-29H,6-17H2,1-5H3/t19-,20+,21-,22+,23-,24-,25+,26+,27+/m0/s1. The maximum absolute atomic E-state index is 11.6. The Hall–Kier alpha value is -0.0800. The van der Waals surface area contributed by atoms with E-state index >= 15 is 0 Å². The fourth-order valence-corrected chi connectivity index (χ4v) is 9.25. The van der Waals surface area contributed by atoms with Gasteiger partial charge in [0.1, 0.15) is 0 Å². The van der Waals surface area contributed by atoms with Crippen LogP contribution in [0.1, 0.15) is 112 Å². The maximum atomic E-state index is 11.6. The molecule has 4 aliphatic carbocycles. The molecule has 0 spiro atoms. The van der Waals surface area contributed by atoms with Gasteiger partial charge in [-0.3, -0.25) is 0 Å². The fraction of sp³-hybridized carbons (Fsp3) is 1.00. The van der Waals surface area contributed by atoms with E-state index in [2.05, 4.69) is 34.6 Å². The summed E-state index contributed by atoms with van der Waals surface area (Å²) in [5.74, 6) is 4.94. The SMILES string of the molecule is CC(C)CCC[C@H](C)[C@H]1CC[C@H]2[C@@H]3CC[C@@]4(O)C[C@H](O)CC[C@]4(C)[C@H]3CC[C@]12C. The molecular formula is C27H48O2. The van der Waals surface area contributed by atoms with Crippen LogP contribution in [0.4, 0.5) is 0 Å². The summed E-state index contributed by atoms with van der Waals surface area (Å²) in [6.45, 7) is 12.3. The van der Waals surface area contributed by atoms with Gasteiger partial charge in [-0.2, -0.15) is 0 Å². The molecule has 4 fully saturated rings. The molecule has 29 heavy (non-hydrogen) atoms. The predicted molar refractivity (Wildman–Crippen MR) is 121 cm³/mol. The van der Waals surface area contributed by atoms with E-state index in [1.54, 1.807) is 0 Å². The van der Waals surface area contributed by atoms with Crippen molar-refractivity contribution in [3.63, 3.8) is 0 Å². The molecule has 0 radical (unpaired) electrons. The summed E-state index contributed by atoms with van der Waals surface area (Å²) in [6.07, 6.45) is 14.1. The first-order chi connectivity index (χ1) is 13.6. The number of aliphatic hydroxyl groups excluding tert-OH is 1. The third-order valence-electron chi connectivity index (χ3n) is 11.0. The molecule has 4 aliphatic rings. The van der Waals surface area contributed by atoms with Crippen molar-refractivity contribution in [2.75, 3.05) is 0 Å². The molecule has 0 saturated heterocycles. The Kier molecular flexibility index (Phi) is 5.95. The molecular weight excluding hydrogens is 356 g/mol. The zero-order chi connectivity index (χ0) is 21.0. The first kappa shape index (κ1) is 22.1. The highest BCUT2D eigenvalue weighted by molar-refractivity contribution is 5.14. The fourth-order valence-electron chi connectivity index (χ4n) is 9.25. The number of rotatable bonds is 5. The lowest BCUT2D eigenvalue weighted by Crippen LogP contribution is -2.62. The van der Waals surface area contributed by atoms with Crippen LogP contribution in [0.25, 0.3) is 0 Å². The van der Waals surface area contributed by atoms with E-state index in [4.69, 9.17) is 0 Å². The average Bonchev–Trinajstić information content (AvgIpc) is 2.99. The molecule has 2 N–H and O–H groups in total. The highest BCUT2D eigenvalue weighted by Gasteiger charge is 2.64. The van der Waals surface area contributed by atoms with Gasteiger partial charge in [-0.25, -0.2) is 0 Å². The van der Waals surface area contributed by atoms with Gasteiger partial charge in [-0.05, 0) is 97.7 Å². The van der Waals surface area contributed by atoms with Gasteiger partial charge in [-0.15, -0.1) is 0 Å². The highest BCUT2D eigenvalue weighted by atomic mass is 16.3.